The van der Waals surface area contributed by atoms with E-state index >= 15 is 0 Å². The van der Waals surface area contributed by atoms with Gasteiger partial charge in [0.25, 0.3) is 5.91 Å². The lowest BCUT2D eigenvalue weighted by Crippen LogP contribution is -2.12. The number of aromatic nitrogens is 2. The van der Waals surface area contributed by atoms with Crippen LogP contribution in [0.25, 0.3) is 5.65 Å². The first-order chi connectivity index (χ1) is 10.7. The minimum atomic E-state index is -0.193. The van der Waals surface area contributed by atoms with Gasteiger partial charge in [0.15, 0.2) is 11.5 Å². The van der Waals surface area contributed by atoms with Crippen LogP contribution in [0, 0.1) is 6.92 Å². The Kier molecular flexibility index (Phi) is 2.75. The molecular weight excluding hydrogens is 282 g/mol. The number of hydrogen-bond donors (Lipinski definition) is 1. The first kappa shape index (κ1) is 12.7. The average Bonchev–Trinajstić information content (AvgIpc) is 3.10. The van der Waals surface area contributed by atoms with Gasteiger partial charge in [0, 0.05) is 29.7 Å². The number of rotatable bonds is 2. The van der Waals surface area contributed by atoms with E-state index in [0.29, 0.717) is 22.7 Å². The summed E-state index contributed by atoms with van der Waals surface area (Å²) in [5.74, 6) is 1.13. The fourth-order valence-corrected chi connectivity index (χ4v) is 2.43. The first-order valence-corrected chi connectivity index (χ1v) is 6.85. The Morgan fingerprint density at radius 3 is 3.00 bits per heavy atom. The quantitative estimate of drug-likeness (QED) is 0.789. The predicted octanol–water partition coefficient (Wildman–Crippen LogP) is 2.62. The Bertz CT molecular complexity index is 885. The molecule has 110 valence electrons. The molecule has 0 saturated heterocycles. The Labute approximate surface area is 126 Å². The molecule has 22 heavy (non-hydrogen) atoms. The molecule has 1 amide bonds. The molecule has 6 heteroatoms. The van der Waals surface area contributed by atoms with Gasteiger partial charge in [-0.1, -0.05) is 0 Å². The number of fused-ring (bicyclic) bond motifs is 2. The summed E-state index contributed by atoms with van der Waals surface area (Å²) in [6.07, 6.45) is 3.73. The molecule has 2 aromatic heterocycles. The lowest BCUT2D eigenvalue weighted by molar-refractivity contribution is 0.102. The molecule has 4 rings (SSSR count). The van der Waals surface area contributed by atoms with Crippen LogP contribution in [-0.4, -0.2) is 22.1 Å². The van der Waals surface area contributed by atoms with Gasteiger partial charge in [0.1, 0.15) is 5.65 Å². The smallest absolute Gasteiger partial charge is 0.255 e. The molecule has 0 saturated carbocycles. The highest BCUT2D eigenvalue weighted by atomic mass is 16.7. The van der Waals surface area contributed by atoms with Crippen molar-refractivity contribution in [3.63, 3.8) is 0 Å². The summed E-state index contributed by atoms with van der Waals surface area (Å²) in [5.41, 5.74) is 2.87. The van der Waals surface area contributed by atoms with E-state index in [4.69, 9.17) is 9.47 Å². The number of benzene rings is 1. The zero-order chi connectivity index (χ0) is 15.1. The van der Waals surface area contributed by atoms with E-state index in [9.17, 15) is 4.79 Å². The highest BCUT2D eigenvalue weighted by Gasteiger charge is 2.15. The highest BCUT2D eigenvalue weighted by molar-refractivity contribution is 6.04. The number of ether oxygens (including phenoxy) is 2. The second-order valence-electron chi connectivity index (χ2n) is 5.09. The topological polar surface area (TPSA) is 64.9 Å². The van der Waals surface area contributed by atoms with Gasteiger partial charge in [-0.3, -0.25) is 4.79 Å². The van der Waals surface area contributed by atoms with Crippen molar-refractivity contribution < 1.29 is 14.3 Å². The number of imidazole rings is 1. The van der Waals surface area contributed by atoms with Crippen LogP contribution in [0.1, 0.15) is 16.1 Å². The van der Waals surface area contributed by atoms with E-state index in [0.717, 1.165) is 11.3 Å². The number of aryl methyl sites for hydroxylation is 1. The van der Waals surface area contributed by atoms with Gasteiger partial charge in [0.05, 0.1) is 5.69 Å². The van der Waals surface area contributed by atoms with Gasteiger partial charge in [-0.05, 0) is 31.2 Å². The molecule has 6 nitrogen and oxygen atoms in total. The Hall–Kier alpha value is -3.02. The molecule has 0 spiro atoms. The molecule has 1 aliphatic rings. The zero-order valence-corrected chi connectivity index (χ0v) is 11.9. The Balaban J connectivity index is 1.60. The number of amides is 1. The van der Waals surface area contributed by atoms with E-state index in [-0.39, 0.29) is 12.7 Å². The minimum Gasteiger partial charge on any atom is -0.454 e. The summed E-state index contributed by atoms with van der Waals surface area (Å²) in [7, 11) is 0. The van der Waals surface area contributed by atoms with Crippen molar-refractivity contribution >= 4 is 17.2 Å². The molecule has 0 radical (unpaired) electrons. The molecule has 3 heterocycles. The third-order valence-electron chi connectivity index (χ3n) is 3.47. The van der Waals surface area contributed by atoms with Crippen molar-refractivity contribution in [3.8, 4) is 11.5 Å². The minimum absolute atomic E-state index is 0.193. The van der Waals surface area contributed by atoms with Crippen LogP contribution in [0.15, 0.2) is 42.7 Å². The lowest BCUT2D eigenvalue weighted by Gasteiger charge is -2.06. The number of nitrogens with zero attached hydrogens (tertiary/aromatic N) is 2. The maximum atomic E-state index is 12.3. The standard InChI is InChI=1S/C16H13N3O3/c1-10-8-19-5-4-11(6-15(19)17-10)16(20)18-12-2-3-13-14(7-12)22-9-21-13/h2-8H,9H2,1H3,(H,18,20). The number of pyridine rings is 1. The number of hydrogen-bond acceptors (Lipinski definition) is 4. The number of nitrogens with one attached hydrogen (secondary N) is 1. The van der Waals surface area contributed by atoms with Crippen LogP contribution in [0.4, 0.5) is 5.69 Å². The molecule has 0 aliphatic carbocycles. The van der Waals surface area contributed by atoms with Crippen molar-refractivity contribution in [2.75, 3.05) is 12.1 Å². The lowest BCUT2D eigenvalue weighted by atomic mass is 10.2. The number of carbonyl (C=O) groups excluding carboxylic acids is 1. The third-order valence-corrected chi connectivity index (χ3v) is 3.47. The SMILES string of the molecule is Cc1cn2ccc(C(=O)Nc3ccc4c(c3)OCO4)cc2n1. The second-order valence-corrected chi connectivity index (χ2v) is 5.09. The predicted molar refractivity (Wildman–Crippen MR) is 80.4 cm³/mol. The van der Waals surface area contributed by atoms with Crippen LogP contribution in [0.5, 0.6) is 11.5 Å². The van der Waals surface area contributed by atoms with Gasteiger partial charge in [-0.2, -0.15) is 0 Å². The van der Waals surface area contributed by atoms with Gasteiger partial charge in [-0.15, -0.1) is 0 Å². The van der Waals surface area contributed by atoms with E-state index in [1.54, 1.807) is 30.3 Å². The zero-order valence-electron chi connectivity index (χ0n) is 11.9. The second kappa shape index (κ2) is 4.77. The molecule has 1 aliphatic heterocycles. The molecule has 0 atom stereocenters. The van der Waals surface area contributed by atoms with Crippen LogP contribution in [0.3, 0.4) is 0 Å². The largest absolute Gasteiger partial charge is 0.454 e. The summed E-state index contributed by atoms with van der Waals surface area (Å²) in [5, 5.41) is 2.85. The molecule has 1 aromatic carbocycles. The van der Waals surface area contributed by atoms with Crippen molar-refractivity contribution in [2.24, 2.45) is 0 Å². The molecule has 0 fully saturated rings. The summed E-state index contributed by atoms with van der Waals surface area (Å²) in [6, 6.07) is 8.83. The third kappa shape index (κ3) is 2.14. The molecule has 0 bridgehead atoms. The Morgan fingerprint density at radius 2 is 2.09 bits per heavy atom. The first-order valence-electron chi connectivity index (χ1n) is 6.85. The maximum absolute atomic E-state index is 12.3. The molecule has 1 N–H and O–H groups in total. The van der Waals surface area contributed by atoms with Crippen molar-refractivity contribution in [1.29, 1.82) is 0 Å². The Morgan fingerprint density at radius 1 is 1.23 bits per heavy atom. The van der Waals surface area contributed by atoms with Crippen LogP contribution >= 0.6 is 0 Å². The monoisotopic (exact) mass is 295 g/mol. The van der Waals surface area contributed by atoms with E-state index < -0.39 is 0 Å². The molecular formula is C16H13N3O3. The van der Waals surface area contributed by atoms with Crippen molar-refractivity contribution in [1.82, 2.24) is 9.38 Å². The normalized spacial score (nSPS) is 12.6. The van der Waals surface area contributed by atoms with Gasteiger partial charge < -0.3 is 19.2 Å². The highest BCUT2D eigenvalue weighted by Crippen LogP contribution is 2.34. The van der Waals surface area contributed by atoms with E-state index in [1.807, 2.05) is 23.7 Å². The number of carbonyl (C=O) groups is 1. The summed E-state index contributed by atoms with van der Waals surface area (Å²) in [6.45, 7) is 2.13. The van der Waals surface area contributed by atoms with Crippen molar-refractivity contribution in [2.45, 2.75) is 6.92 Å². The van der Waals surface area contributed by atoms with Gasteiger partial charge in [0.2, 0.25) is 6.79 Å². The van der Waals surface area contributed by atoms with E-state index in [2.05, 4.69) is 10.3 Å². The van der Waals surface area contributed by atoms with E-state index in [1.165, 1.54) is 0 Å². The maximum Gasteiger partial charge on any atom is 0.255 e. The van der Waals surface area contributed by atoms with Gasteiger partial charge in [-0.25, -0.2) is 4.98 Å². The molecule has 3 aromatic rings. The van der Waals surface area contributed by atoms with Gasteiger partial charge >= 0.3 is 0 Å². The summed E-state index contributed by atoms with van der Waals surface area (Å²) in [4.78, 5) is 16.7. The van der Waals surface area contributed by atoms with Crippen LogP contribution in [0.2, 0.25) is 0 Å². The average molecular weight is 295 g/mol. The number of anilines is 1. The summed E-state index contributed by atoms with van der Waals surface area (Å²) >= 11 is 0. The molecule has 0 unspecified atom stereocenters. The fraction of sp³-hybridized carbons (Fsp3) is 0.125. The fourth-order valence-electron chi connectivity index (χ4n) is 2.43. The van der Waals surface area contributed by atoms with Crippen LogP contribution < -0.4 is 14.8 Å². The van der Waals surface area contributed by atoms with Crippen molar-refractivity contribution in [3.05, 3.63) is 54.0 Å². The summed E-state index contributed by atoms with van der Waals surface area (Å²) < 4.78 is 12.4. The van der Waals surface area contributed by atoms with Crippen LogP contribution in [-0.2, 0) is 0 Å².